The van der Waals surface area contributed by atoms with E-state index in [4.69, 9.17) is 4.74 Å². The molecule has 110 valence electrons. The Hall–Kier alpha value is -2.21. The van der Waals surface area contributed by atoms with Crippen LogP contribution in [0.2, 0.25) is 0 Å². The van der Waals surface area contributed by atoms with Gasteiger partial charge in [-0.3, -0.25) is 15.1 Å². The molecule has 1 atom stereocenters. The first-order chi connectivity index (χ1) is 10.3. The minimum Gasteiger partial charge on any atom is -0.385 e. The number of nitrogens with zero attached hydrogens (tertiary/aromatic N) is 2. The van der Waals surface area contributed by atoms with Crippen LogP contribution in [0.25, 0.3) is 10.8 Å². The molecule has 6 heteroatoms. The van der Waals surface area contributed by atoms with E-state index in [1.54, 1.807) is 18.5 Å². The average Bonchev–Trinajstić information content (AvgIpc) is 3.00. The Kier molecular flexibility index (Phi) is 3.96. The van der Waals surface area contributed by atoms with Crippen LogP contribution in [-0.4, -0.2) is 29.7 Å². The molecule has 1 saturated heterocycles. The number of benzene rings is 1. The molecule has 0 radical (unpaired) electrons. The van der Waals surface area contributed by atoms with Crippen LogP contribution in [0, 0.1) is 16.0 Å². The Bertz CT molecular complexity index is 654. The SMILES string of the molecule is O=[N+]([O-])c1ccc(NCCC2CCOC2)c2ccncc12. The van der Waals surface area contributed by atoms with E-state index in [1.165, 1.54) is 6.07 Å². The van der Waals surface area contributed by atoms with Crippen LogP contribution in [0.5, 0.6) is 0 Å². The molecule has 1 unspecified atom stereocenters. The molecule has 1 N–H and O–H groups in total. The Morgan fingerprint density at radius 1 is 1.38 bits per heavy atom. The van der Waals surface area contributed by atoms with Gasteiger partial charge in [-0.15, -0.1) is 0 Å². The van der Waals surface area contributed by atoms with Gasteiger partial charge >= 0.3 is 0 Å². The van der Waals surface area contributed by atoms with Gasteiger partial charge in [0.1, 0.15) is 0 Å². The maximum Gasteiger partial charge on any atom is 0.278 e. The maximum absolute atomic E-state index is 11.1. The summed E-state index contributed by atoms with van der Waals surface area (Å²) in [5.74, 6) is 0.614. The minimum absolute atomic E-state index is 0.0906. The molecule has 1 aliphatic rings. The van der Waals surface area contributed by atoms with Crippen LogP contribution in [0.3, 0.4) is 0 Å². The number of nitro benzene ring substituents is 1. The standard InChI is InChI=1S/C15H17N3O3/c19-18(20)15-2-1-14(12-4-6-16-9-13(12)15)17-7-3-11-5-8-21-10-11/h1-2,4,6,9,11,17H,3,5,7-8,10H2. The highest BCUT2D eigenvalue weighted by atomic mass is 16.6. The predicted molar refractivity (Wildman–Crippen MR) is 80.4 cm³/mol. The van der Waals surface area contributed by atoms with Crippen LogP contribution in [0.1, 0.15) is 12.8 Å². The molecule has 3 rings (SSSR count). The number of fused-ring (bicyclic) bond motifs is 1. The lowest BCUT2D eigenvalue weighted by Crippen LogP contribution is -2.09. The summed E-state index contributed by atoms with van der Waals surface area (Å²) in [6, 6.07) is 5.11. The van der Waals surface area contributed by atoms with Gasteiger partial charge in [-0.2, -0.15) is 0 Å². The van der Waals surface area contributed by atoms with Crippen LogP contribution in [0.4, 0.5) is 11.4 Å². The van der Waals surface area contributed by atoms with E-state index in [0.717, 1.165) is 43.7 Å². The van der Waals surface area contributed by atoms with Gasteiger partial charge in [0.2, 0.25) is 0 Å². The van der Waals surface area contributed by atoms with Crippen molar-refractivity contribution >= 4 is 22.1 Å². The number of anilines is 1. The third-order valence-corrected chi connectivity index (χ3v) is 3.88. The second-order valence-corrected chi connectivity index (χ2v) is 5.26. The lowest BCUT2D eigenvalue weighted by atomic mass is 10.0. The lowest BCUT2D eigenvalue weighted by molar-refractivity contribution is -0.383. The molecule has 0 bridgehead atoms. The van der Waals surface area contributed by atoms with Crippen LogP contribution >= 0.6 is 0 Å². The third-order valence-electron chi connectivity index (χ3n) is 3.88. The highest BCUT2D eigenvalue weighted by Gasteiger charge is 2.16. The molecule has 0 aliphatic carbocycles. The first-order valence-corrected chi connectivity index (χ1v) is 7.08. The van der Waals surface area contributed by atoms with Gasteiger partial charge in [0.25, 0.3) is 5.69 Å². The van der Waals surface area contributed by atoms with Crippen molar-refractivity contribution in [2.75, 3.05) is 25.1 Å². The Balaban J connectivity index is 1.79. The van der Waals surface area contributed by atoms with E-state index in [1.807, 2.05) is 6.07 Å². The van der Waals surface area contributed by atoms with Crippen molar-refractivity contribution in [3.63, 3.8) is 0 Å². The molecule has 1 aliphatic heterocycles. The monoisotopic (exact) mass is 287 g/mol. The summed E-state index contributed by atoms with van der Waals surface area (Å²) in [4.78, 5) is 14.7. The van der Waals surface area contributed by atoms with E-state index in [-0.39, 0.29) is 10.6 Å². The zero-order valence-electron chi connectivity index (χ0n) is 11.6. The van der Waals surface area contributed by atoms with Crippen molar-refractivity contribution in [1.29, 1.82) is 0 Å². The van der Waals surface area contributed by atoms with E-state index >= 15 is 0 Å². The van der Waals surface area contributed by atoms with Crippen LogP contribution in [0.15, 0.2) is 30.6 Å². The zero-order valence-corrected chi connectivity index (χ0v) is 11.6. The van der Waals surface area contributed by atoms with E-state index in [0.29, 0.717) is 11.3 Å². The second-order valence-electron chi connectivity index (χ2n) is 5.26. The quantitative estimate of drug-likeness (QED) is 0.675. The summed E-state index contributed by atoms with van der Waals surface area (Å²) in [6.45, 7) is 2.53. The molecular weight excluding hydrogens is 270 g/mol. The first kappa shape index (κ1) is 13.8. The van der Waals surface area contributed by atoms with E-state index < -0.39 is 0 Å². The number of hydrogen-bond donors (Lipinski definition) is 1. The van der Waals surface area contributed by atoms with Crippen molar-refractivity contribution in [3.05, 3.63) is 40.7 Å². The fourth-order valence-electron chi connectivity index (χ4n) is 2.71. The van der Waals surface area contributed by atoms with Crippen molar-refractivity contribution in [1.82, 2.24) is 4.98 Å². The Morgan fingerprint density at radius 2 is 2.29 bits per heavy atom. The Morgan fingerprint density at radius 3 is 3.05 bits per heavy atom. The largest absolute Gasteiger partial charge is 0.385 e. The van der Waals surface area contributed by atoms with Gasteiger partial charge in [-0.1, -0.05) is 0 Å². The molecule has 1 aromatic heterocycles. The lowest BCUT2D eigenvalue weighted by Gasteiger charge is -2.12. The highest BCUT2D eigenvalue weighted by Crippen LogP contribution is 2.30. The predicted octanol–water partition coefficient (Wildman–Crippen LogP) is 2.98. The normalized spacial score (nSPS) is 18.0. The third kappa shape index (κ3) is 2.95. The molecule has 2 aromatic rings. The highest BCUT2D eigenvalue weighted by molar-refractivity contribution is 5.99. The van der Waals surface area contributed by atoms with Crippen molar-refractivity contribution in [2.24, 2.45) is 5.92 Å². The molecule has 0 saturated carbocycles. The summed E-state index contributed by atoms with van der Waals surface area (Å²) >= 11 is 0. The summed E-state index contributed by atoms with van der Waals surface area (Å²) in [5.41, 5.74) is 1.00. The number of non-ortho nitro benzene ring substituents is 1. The molecule has 21 heavy (non-hydrogen) atoms. The number of rotatable bonds is 5. The number of pyridine rings is 1. The molecule has 6 nitrogen and oxygen atoms in total. The van der Waals surface area contributed by atoms with Gasteiger partial charge in [0, 0.05) is 49.3 Å². The van der Waals surface area contributed by atoms with Gasteiger partial charge in [0.05, 0.1) is 10.3 Å². The Labute approximate surface area is 122 Å². The van der Waals surface area contributed by atoms with Crippen molar-refractivity contribution < 1.29 is 9.66 Å². The summed E-state index contributed by atoms with van der Waals surface area (Å²) < 4.78 is 5.36. The molecule has 0 spiro atoms. The first-order valence-electron chi connectivity index (χ1n) is 7.08. The molecule has 2 heterocycles. The van der Waals surface area contributed by atoms with E-state index in [2.05, 4.69) is 10.3 Å². The van der Waals surface area contributed by atoms with Gasteiger partial charge in [0.15, 0.2) is 0 Å². The van der Waals surface area contributed by atoms with Gasteiger partial charge in [-0.05, 0) is 30.9 Å². The van der Waals surface area contributed by atoms with E-state index in [9.17, 15) is 10.1 Å². The fourth-order valence-corrected chi connectivity index (χ4v) is 2.71. The average molecular weight is 287 g/mol. The fraction of sp³-hybridized carbons (Fsp3) is 0.400. The number of ether oxygens (including phenoxy) is 1. The van der Waals surface area contributed by atoms with Crippen molar-refractivity contribution in [3.8, 4) is 0 Å². The summed E-state index contributed by atoms with van der Waals surface area (Å²) in [5, 5.41) is 15.8. The van der Waals surface area contributed by atoms with Gasteiger partial charge in [-0.25, -0.2) is 0 Å². The van der Waals surface area contributed by atoms with Crippen LogP contribution in [-0.2, 0) is 4.74 Å². The number of nitro groups is 1. The summed E-state index contributed by atoms with van der Waals surface area (Å²) in [6.07, 6.45) is 5.36. The number of nitrogens with one attached hydrogen (secondary N) is 1. The van der Waals surface area contributed by atoms with Gasteiger partial charge < -0.3 is 10.1 Å². The van der Waals surface area contributed by atoms with Crippen molar-refractivity contribution in [2.45, 2.75) is 12.8 Å². The summed E-state index contributed by atoms with van der Waals surface area (Å²) in [7, 11) is 0. The minimum atomic E-state index is -0.371. The number of aromatic nitrogens is 1. The molecular formula is C15H17N3O3. The smallest absolute Gasteiger partial charge is 0.278 e. The topological polar surface area (TPSA) is 77.3 Å². The zero-order chi connectivity index (χ0) is 14.7. The molecule has 0 amide bonds. The maximum atomic E-state index is 11.1. The van der Waals surface area contributed by atoms with Crippen LogP contribution < -0.4 is 5.32 Å². The number of hydrogen-bond acceptors (Lipinski definition) is 5. The molecule has 1 aromatic carbocycles. The molecule has 1 fully saturated rings. The second kappa shape index (κ2) is 6.05.